The number of aliphatic hydroxyl groups is 1. The third-order valence-corrected chi connectivity index (χ3v) is 11.0. The van der Waals surface area contributed by atoms with Crippen molar-refractivity contribution in [3.8, 4) is 11.1 Å². The Labute approximate surface area is 301 Å². The van der Waals surface area contributed by atoms with E-state index >= 15 is 0 Å². The molecule has 9 nitrogen and oxygen atoms in total. The van der Waals surface area contributed by atoms with E-state index in [2.05, 4.69) is 16.5 Å². The Kier molecular flexibility index (Phi) is 11.4. The van der Waals surface area contributed by atoms with Crippen LogP contribution in [0.15, 0.2) is 108 Å². The molecule has 0 saturated carbocycles. The molecule has 0 bridgehead atoms. The molecule has 6 rings (SSSR count). The molecule has 2 fully saturated rings. The first kappa shape index (κ1) is 36.9. The summed E-state index contributed by atoms with van der Waals surface area (Å²) in [6.07, 6.45) is 0.458. The van der Waals surface area contributed by atoms with E-state index in [1.807, 2.05) is 93.6 Å². The number of hydrogen-bond donors (Lipinski definition) is 2. The molecule has 10 heteroatoms. The van der Waals surface area contributed by atoms with Crippen molar-refractivity contribution in [1.29, 1.82) is 0 Å². The second kappa shape index (κ2) is 15.8. The van der Waals surface area contributed by atoms with Gasteiger partial charge in [-0.15, -0.1) is 0 Å². The Hall–Kier alpha value is -3.90. The number of esters is 1. The highest BCUT2D eigenvalue weighted by Gasteiger charge is 2.42. The molecule has 2 aliphatic rings. The molecule has 2 aliphatic heterocycles. The molecule has 4 aromatic carbocycles. The molecule has 5 atom stereocenters. The summed E-state index contributed by atoms with van der Waals surface area (Å²) in [6.45, 7) is 9.24. The van der Waals surface area contributed by atoms with E-state index in [4.69, 9.17) is 14.2 Å². The molecule has 270 valence electrons. The predicted octanol–water partition coefficient (Wildman–Crippen LogP) is 6.92. The zero-order valence-electron chi connectivity index (χ0n) is 29.7. The van der Waals surface area contributed by atoms with E-state index in [1.165, 1.54) is 0 Å². The van der Waals surface area contributed by atoms with Crippen molar-refractivity contribution in [2.75, 3.05) is 13.1 Å². The molecule has 0 amide bonds. The molecular formula is C41H48N2O7S. The van der Waals surface area contributed by atoms with Crippen molar-refractivity contribution < 1.29 is 32.5 Å². The first-order chi connectivity index (χ1) is 24.4. The minimum Gasteiger partial charge on any atom is -0.459 e. The second-order valence-corrected chi connectivity index (χ2v) is 16.2. The third-order valence-electron chi connectivity index (χ3n) is 9.60. The fraction of sp³-hybridized carbons (Fsp3) is 0.390. The van der Waals surface area contributed by atoms with E-state index in [1.54, 1.807) is 30.3 Å². The Morgan fingerprint density at radius 1 is 0.902 bits per heavy atom. The van der Waals surface area contributed by atoms with Gasteiger partial charge in [0.1, 0.15) is 11.6 Å². The number of aliphatic hydroxyl groups excluding tert-OH is 1. The lowest BCUT2D eigenvalue weighted by Crippen LogP contribution is -2.48. The summed E-state index contributed by atoms with van der Waals surface area (Å²) in [7, 11) is -3.67. The minimum absolute atomic E-state index is 0.0353. The predicted molar refractivity (Wildman–Crippen MR) is 196 cm³/mol. The van der Waals surface area contributed by atoms with Crippen LogP contribution in [0.2, 0.25) is 0 Å². The number of nitrogens with zero attached hydrogens (tertiary/aromatic N) is 1. The molecule has 4 aromatic rings. The summed E-state index contributed by atoms with van der Waals surface area (Å²) < 4.78 is 47.8. The highest BCUT2D eigenvalue weighted by atomic mass is 32.2. The van der Waals surface area contributed by atoms with Crippen molar-refractivity contribution >= 4 is 16.0 Å². The van der Waals surface area contributed by atoms with Crippen molar-refractivity contribution in [3.05, 3.63) is 125 Å². The number of ether oxygens (including phenoxy) is 3. The first-order valence-corrected chi connectivity index (χ1v) is 19.1. The molecule has 2 saturated heterocycles. The standard InChI is InChI=1S/C41H48N2O7S/c1-28-37(26-43-24-10-15-36(43)39(45)50-41(2,3)4)48-40(49-38(28)31-18-16-29(27-44)17-19-31)32-22-20-30(21-23-32)35-14-9-8-11-33(35)25-42-51(46,47)34-12-6-5-7-13-34/h5-9,11-14,16-23,28,36-38,40,42,44H,10,15,24-27H2,1-4H3/t28-,36-,37+,38+,40+/m0/s1. The van der Waals surface area contributed by atoms with Crippen LogP contribution in [-0.4, -0.2) is 55.2 Å². The van der Waals surface area contributed by atoms with Gasteiger partial charge in [0.25, 0.3) is 0 Å². The van der Waals surface area contributed by atoms with Crippen molar-refractivity contribution in [2.24, 2.45) is 5.92 Å². The van der Waals surface area contributed by atoms with Gasteiger partial charge in [0, 0.05) is 24.6 Å². The van der Waals surface area contributed by atoms with Gasteiger partial charge in [-0.25, -0.2) is 13.1 Å². The normalized spacial score (nSPS) is 22.9. The van der Waals surface area contributed by atoms with Gasteiger partial charge >= 0.3 is 5.97 Å². The second-order valence-electron chi connectivity index (χ2n) is 14.4. The SMILES string of the molecule is C[C@H]1[C@@H](CN2CCC[C@H]2C(=O)OC(C)(C)C)O[C@@H](c2ccc(-c3ccccc3CNS(=O)(=O)c3ccccc3)cc2)O[C@H]1c1ccc(CO)cc1. The largest absolute Gasteiger partial charge is 0.459 e. The average Bonchev–Trinajstić information content (AvgIpc) is 3.60. The number of nitrogens with one attached hydrogen (secondary N) is 1. The number of carbonyl (C=O) groups excluding carboxylic acids is 1. The van der Waals surface area contributed by atoms with E-state index < -0.39 is 21.9 Å². The van der Waals surface area contributed by atoms with Gasteiger partial charge in [-0.2, -0.15) is 0 Å². The Morgan fingerprint density at radius 2 is 1.57 bits per heavy atom. The number of carbonyl (C=O) groups is 1. The van der Waals surface area contributed by atoms with Gasteiger partial charge in [-0.05, 0) is 80.1 Å². The van der Waals surface area contributed by atoms with Crippen LogP contribution in [0.3, 0.4) is 0 Å². The van der Waals surface area contributed by atoms with Crippen LogP contribution in [0.4, 0.5) is 0 Å². The smallest absolute Gasteiger partial charge is 0.323 e. The van der Waals surface area contributed by atoms with E-state index in [9.17, 15) is 18.3 Å². The maximum atomic E-state index is 13.2. The van der Waals surface area contributed by atoms with Gasteiger partial charge < -0.3 is 19.3 Å². The van der Waals surface area contributed by atoms with Crippen molar-refractivity contribution in [1.82, 2.24) is 9.62 Å². The lowest BCUT2D eigenvalue weighted by molar-refractivity contribution is -0.276. The minimum atomic E-state index is -3.67. The van der Waals surface area contributed by atoms with E-state index in [-0.39, 0.29) is 48.2 Å². The summed E-state index contributed by atoms with van der Waals surface area (Å²) in [6, 6.07) is 31.6. The summed E-state index contributed by atoms with van der Waals surface area (Å²) in [4.78, 5) is 15.6. The highest BCUT2D eigenvalue weighted by molar-refractivity contribution is 7.89. The topological polar surface area (TPSA) is 114 Å². The molecule has 0 unspecified atom stereocenters. The van der Waals surface area contributed by atoms with Gasteiger partial charge in [0.05, 0.1) is 23.7 Å². The maximum Gasteiger partial charge on any atom is 0.323 e. The molecule has 0 aliphatic carbocycles. The van der Waals surface area contributed by atoms with Crippen molar-refractivity contribution in [3.63, 3.8) is 0 Å². The molecule has 0 radical (unpaired) electrons. The van der Waals surface area contributed by atoms with Gasteiger partial charge in [-0.3, -0.25) is 9.69 Å². The fourth-order valence-corrected chi connectivity index (χ4v) is 7.90. The summed E-state index contributed by atoms with van der Waals surface area (Å²) in [5.41, 5.74) is 4.80. The van der Waals surface area contributed by atoms with Crippen LogP contribution in [-0.2, 0) is 42.2 Å². The van der Waals surface area contributed by atoms with E-state index in [0.717, 1.165) is 52.8 Å². The monoisotopic (exact) mass is 712 g/mol. The van der Waals surface area contributed by atoms with Gasteiger partial charge in [0.15, 0.2) is 6.29 Å². The number of rotatable bonds is 11. The quantitative estimate of drug-likeness (QED) is 0.161. The summed E-state index contributed by atoms with van der Waals surface area (Å²) in [5, 5.41) is 9.63. The Balaban J connectivity index is 1.23. The van der Waals surface area contributed by atoms with Crippen LogP contribution < -0.4 is 4.72 Å². The Bertz CT molecular complexity index is 1880. The number of benzene rings is 4. The number of sulfonamides is 1. The summed E-state index contributed by atoms with van der Waals surface area (Å²) in [5.74, 6) is -0.233. The first-order valence-electron chi connectivity index (χ1n) is 17.6. The van der Waals surface area contributed by atoms with Crippen molar-refractivity contribution in [2.45, 2.75) is 88.7 Å². The number of likely N-dealkylation sites (tertiary alicyclic amines) is 1. The summed E-state index contributed by atoms with van der Waals surface area (Å²) >= 11 is 0. The molecule has 2 N–H and O–H groups in total. The zero-order chi connectivity index (χ0) is 36.2. The molecule has 2 heterocycles. The highest BCUT2D eigenvalue weighted by Crippen LogP contribution is 2.43. The fourth-order valence-electron chi connectivity index (χ4n) is 6.87. The molecule has 0 spiro atoms. The van der Waals surface area contributed by atoms with Crippen LogP contribution in [0.25, 0.3) is 11.1 Å². The lowest BCUT2D eigenvalue weighted by Gasteiger charge is -2.43. The van der Waals surface area contributed by atoms with Gasteiger partial charge in [-0.1, -0.05) is 97.9 Å². The van der Waals surface area contributed by atoms with Crippen LogP contribution in [0.5, 0.6) is 0 Å². The molecule has 51 heavy (non-hydrogen) atoms. The number of hydrogen-bond acceptors (Lipinski definition) is 8. The maximum absolute atomic E-state index is 13.2. The lowest BCUT2D eigenvalue weighted by atomic mass is 9.89. The van der Waals surface area contributed by atoms with Crippen LogP contribution in [0.1, 0.15) is 75.2 Å². The zero-order valence-corrected chi connectivity index (χ0v) is 30.5. The average molecular weight is 713 g/mol. The van der Waals surface area contributed by atoms with Crippen LogP contribution in [0, 0.1) is 5.92 Å². The van der Waals surface area contributed by atoms with E-state index in [0.29, 0.717) is 6.54 Å². The Morgan fingerprint density at radius 3 is 2.25 bits per heavy atom. The molecule has 0 aromatic heterocycles. The molecular weight excluding hydrogens is 665 g/mol. The van der Waals surface area contributed by atoms with Crippen LogP contribution >= 0.6 is 0 Å². The third kappa shape index (κ3) is 8.95. The van der Waals surface area contributed by atoms with Gasteiger partial charge in [0.2, 0.25) is 10.0 Å².